The van der Waals surface area contributed by atoms with Crippen molar-refractivity contribution >= 4 is 12.0 Å². The summed E-state index contributed by atoms with van der Waals surface area (Å²) in [6.07, 6.45) is 8.88. The molecule has 0 aromatic heterocycles. The number of rotatable bonds is 12. The van der Waals surface area contributed by atoms with E-state index in [-0.39, 0.29) is 5.97 Å². The Morgan fingerprint density at radius 3 is 2.44 bits per heavy atom. The van der Waals surface area contributed by atoms with Crippen molar-refractivity contribution in [2.24, 2.45) is 11.8 Å². The number of unbranched alkanes of at least 4 members (excludes halogenated alkanes) is 1. The van der Waals surface area contributed by atoms with E-state index in [1.165, 1.54) is 18.9 Å². The van der Waals surface area contributed by atoms with Crippen LogP contribution in [0.2, 0.25) is 0 Å². The number of ether oxygens (including phenoxy) is 2. The van der Waals surface area contributed by atoms with Gasteiger partial charge in [-0.1, -0.05) is 59.1 Å². The molecule has 0 heterocycles. The quantitative estimate of drug-likeness (QED) is 0.350. The molecule has 0 fully saturated rings. The minimum Gasteiger partial charge on any atom is -0.494 e. The van der Waals surface area contributed by atoms with Crippen molar-refractivity contribution in [3.63, 3.8) is 0 Å². The summed E-state index contributed by atoms with van der Waals surface area (Å²) < 4.78 is 11.1. The van der Waals surface area contributed by atoms with Gasteiger partial charge in [0.15, 0.2) is 0 Å². The molecule has 0 amide bonds. The number of hydrogen-bond acceptors (Lipinski definition) is 3. The minimum atomic E-state index is -0.271. The van der Waals surface area contributed by atoms with Gasteiger partial charge in [-0.2, -0.15) is 0 Å². The number of hydrogen-bond donors (Lipinski definition) is 0. The lowest BCUT2D eigenvalue weighted by atomic mass is 10.0. The van der Waals surface area contributed by atoms with Gasteiger partial charge in [-0.25, -0.2) is 4.79 Å². The number of esters is 1. The van der Waals surface area contributed by atoms with Gasteiger partial charge in [0.1, 0.15) is 5.75 Å². The Labute approximate surface area is 153 Å². The molecule has 0 unspecified atom stereocenters. The summed E-state index contributed by atoms with van der Waals surface area (Å²) in [6.45, 7) is 9.95. The summed E-state index contributed by atoms with van der Waals surface area (Å²) in [5.41, 5.74) is 0.964. The first kappa shape index (κ1) is 21.3. The zero-order chi connectivity index (χ0) is 18.5. The van der Waals surface area contributed by atoms with Crippen LogP contribution in [-0.2, 0) is 9.53 Å². The largest absolute Gasteiger partial charge is 0.494 e. The molecule has 0 aliphatic carbocycles. The number of benzene rings is 1. The van der Waals surface area contributed by atoms with E-state index in [9.17, 15) is 4.79 Å². The summed E-state index contributed by atoms with van der Waals surface area (Å²) in [6, 6.07) is 7.77. The molecule has 1 rings (SSSR count). The zero-order valence-corrected chi connectivity index (χ0v) is 16.3. The molecule has 1 aromatic carbocycles. The van der Waals surface area contributed by atoms with Crippen LogP contribution in [0.5, 0.6) is 5.75 Å². The Bertz CT molecular complexity index is 503. The van der Waals surface area contributed by atoms with Crippen molar-refractivity contribution < 1.29 is 14.3 Å². The van der Waals surface area contributed by atoms with E-state index in [1.807, 2.05) is 24.3 Å². The smallest absolute Gasteiger partial charge is 0.330 e. The zero-order valence-electron chi connectivity index (χ0n) is 16.3. The molecule has 0 radical (unpaired) electrons. The monoisotopic (exact) mass is 346 g/mol. The van der Waals surface area contributed by atoms with Crippen molar-refractivity contribution in [1.82, 2.24) is 0 Å². The summed E-state index contributed by atoms with van der Waals surface area (Å²) >= 11 is 0. The third-order valence-electron chi connectivity index (χ3n) is 4.26. The lowest BCUT2D eigenvalue weighted by Gasteiger charge is -2.13. The summed E-state index contributed by atoms with van der Waals surface area (Å²) in [5.74, 6) is 1.70. The highest BCUT2D eigenvalue weighted by atomic mass is 16.5. The van der Waals surface area contributed by atoms with Crippen molar-refractivity contribution in [2.45, 2.75) is 59.8 Å². The van der Waals surface area contributed by atoms with Crippen LogP contribution in [0.3, 0.4) is 0 Å². The fourth-order valence-electron chi connectivity index (χ4n) is 2.40. The topological polar surface area (TPSA) is 35.5 Å². The molecule has 25 heavy (non-hydrogen) atoms. The van der Waals surface area contributed by atoms with Crippen LogP contribution in [0.15, 0.2) is 30.3 Å². The molecular formula is C22H34O3. The van der Waals surface area contributed by atoms with E-state index in [1.54, 1.807) is 6.08 Å². The number of carbonyl (C=O) groups is 1. The van der Waals surface area contributed by atoms with Crippen LogP contribution in [-0.4, -0.2) is 19.2 Å². The Hall–Kier alpha value is -1.77. The standard InChI is InChI=1S/C22H34O3/c1-5-7-8-19(6-2)17-25-22(23)14-11-20-9-12-21(13-10-20)24-16-15-18(3)4/h9-14,18-19H,5-8,15-17H2,1-4H3/b14-11-/t19-/m0/s1. The van der Waals surface area contributed by atoms with E-state index in [0.717, 1.165) is 37.2 Å². The molecule has 0 bridgehead atoms. The highest BCUT2D eigenvalue weighted by Crippen LogP contribution is 2.15. The third kappa shape index (κ3) is 9.96. The van der Waals surface area contributed by atoms with E-state index >= 15 is 0 Å². The highest BCUT2D eigenvalue weighted by molar-refractivity contribution is 5.87. The molecular weight excluding hydrogens is 312 g/mol. The van der Waals surface area contributed by atoms with Crippen LogP contribution < -0.4 is 4.74 Å². The van der Waals surface area contributed by atoms with Crippen LogP contribution >= 0.6 is 0 Å². The molecule has 140 valence electrons. The van der Waals surface area contributed by atoms with Crippen molar-refractivity contribution in [3.05, 3.63) is 35.9 Å². The van der Waals surface area contributed by atoms with Gasteiger partial charge in [-0.3, -0.25) is 0 Å². The fraction of sp³-hybridized carbons (Fsp3) is 0.591. The molecule has 0 saturated carbocycles. The van der Waals surface area contributed by atoms with Crippen LogP contribution in [0.1, 0.15) is 65.4 Å². The predicted molar refractivity (Wildman–Crippen MR) is 105 cm³/mol. The average molecular weight is 347 g/mol. The maximum absolute atomic E-state index is 11.8. The summed E-state index contributed by atoms with van der Waals surface area (Å²) in [4.78, 5) is 11.8. The molecule has 0 spiro atoms. The lowest BCUT2D eigenvalue weighted by Crippen LogP contribution is -2.12. The molecule has 3 heteroatoms. The van der Waals surface area contributed by atoms with Crippen molar-refractivity contribution in [3.8, 4) is 5.75 Å². The van der Waals surface area contributed by atoms with Gasteiger partial charge >= 0.3 is 5.97 Å². The van der Waals surface area contributed by atoms with Gasteiger partial charge in [-0.15, -0.1) is 0 Å². The lowest BCUT2D eigenvalue weighted by molar-refractivity contribution is -0.139. The van der Waals surface area contributed by atoms with Gasteiger partial charge in [-0.05, 0) is 48.4 Å². The summed E-state index contributed by atoms with van der Waals surface area (Å²) in [5, 5.41) is 0. The van der Waals surface area contributed by atoms with E-state index in [0.29, 0.717) is 18.4 Å². The normalized spacial score (nSPS) is 12.5. The predicted octanol–water partition coefficient (Wildman–Crippen LogP) is 5.88. The summed E-state index contributed by atoms with van der Waals surface area (Å²) in [7, 11) is 0. The van der Waals surface area contributed by atoms with Gasteiger partial charge in [0.05, 0.1) is 13.2 Å². The fourth-order valence-corrected chi connectivity index (χ4v) is 2.40. The average Bonchev–Trinajstić information content (AvgIpc) is 2.61. The second-order valence-electron chi connectivity index (χ2n) is 6.98. The SMILES string of the molecule is CCCC[C@H](CC)COC(=O)/C=C\c1ccc(OCCC(C)C)cc1. The highest BCUT2D eigenvalue weighted by Gasteiger charge is 2.08. The molecule has 0 N–H and O–H groups in total. The second-order valence-corrected chi connectivity index (χ2v) is 6.98. The first-order valence-electron chi connectivity index (χ1n) is 9.62. The Morgan fingerprint density at radius 1 is 1.12 bits per heavy atom. The van der Waals surface area contributed by atoms with Crippen LogP contribution in [0.25, 0.3) is 6.08 Å². The van der Waals surface area contributed by atoms with Gasteiger partial charge < -0.3 is 9.47 Å². The van der Waals surface area contributed by atoms with E-state index in [2.05, 4.69) is 27.7 Å². The molecule has 0 aliphatic rings. The molecule has 1 atom stereocenters. The molecule has 0 saturated heterocycles. The first-order valence-corrected chi connectivity index (χ1v) is 9.62. The van der Waals surface area contributed by atoms with Crippen LogP contribution in [0, 0.1) is 11.8 Å². The molecule has 0 aliphatic heterocycles. The van der Waals surface area contributed by atoms with Crippen molar-refractivity contribution in [2.75, 3.05) is 13.2 Å². The Morgan fingerprint density at radius 2 is 1.84 bits per heavy atom. The van der Waals surface area contributed by atoms with Gasteiger partial charge in [0.2, 0.25) is 0 Å². The molecule has 3 nitrogen and oxygen atoms in total. The van der Waals surface area contributed by atoms with Crippen LogP contribution in [0.4, 0.5) is 0 Å². The first-order chi connectivity index (χ1) is 12.0. The maximum atomic E-state index is 11.8. The number of carbonyl (C=O) groups excluding carboxylic acids is 1. The van der Waals surface area contributed by atoms with E-state index in [4.69, 9.17) is 9.47 Å². The second kappa shape index (κ2) is 12.6. The Balaban J connectivity index is 2.37. The van der Waals surface area contributed by atoms with Gasteiger partial charge in [0.25, 0.3) is 0 Å². The van der Waals surface area contributed by atoms with E-state index < -0.39 is 0 Å². The molecule has 1 aromatic rings. The van der Waals surface area contributed by atoms with Crippen molar-refractivity contribution in [1.29, 1.82) is 0 Å². The maximum Gasteiger partial charge on any atom is 0.330 e. The Kier molecular flexibility index (Phi) is 10.7. The minimum absolute atomic E-state index is 0.271. The third-order valence-corrected chi connectivity index (χ3v) is 4.26. The van der Waals surface area contributed by atoms with Gasteiger partial charge in [0, 0.05) is 6.08 Å².